The fourth-order valence-corrected chi connectivity index (χ4v) is 3.75. The molecule has 0 saturated carbocycles. The zero-order chi connectivity index (χ0) is 19.2. The second kappa shape index (κ2) is 8.77. The van der Waals surface area contributed by atoms with E-state index in [2.05, 4.69) is 5.32 Å². The molecule has 0 radical (unpaired) electrons. The molecule has 2 N–H and O–H groups in total. The number of methoxy groups -OCH3 is 3. The molecule has 1 amide bonds. The SMILES string of the molecule is COc1ccc([C@H]2CCC[NH+]2CC(=O)Nc2ccccc2OC)c(OC)c1. The van der Waals surface area contributed by atoms with Crippen LogP contribution in [0.4, 0.5) is 5.69 Å². The monoisotopic (exact) mass is 371 g/mol. The van der Waals surface area contributed by atoms with Gasteiger partial charge in [0.15, 0.2) is 6.54 Å². The van der Waals surface area contributed by atoms with Gasteiger partial charge in [-0.25, -0.2) is 0 Å². The summed E-state index contributed by atoms with van der Waals surface area (Å²) in [6.07, 6.45) is 2.11. The maximum atomic E-state index is 12.6. The first-order valence-corrected chi connectivity index (χ1v) is 9.15. The van der Waals surface area contributed by atoms with E-state index >= 15 is 0 Å². The molecule has 1 saturated heterocycles. The Kier molecular flexibility index (Phi) is 6.19. The van der Waals surface area contributed by atoms with Gasteiger partial charge in [0.1, 0.15) is 23.3 Å². The summed E-state index contributed by atoms with van der Waals surface area (Å²) in [5, 5.41) is 2.97. The largest absolute Gasteiger partial charge is 0.497 e. The van der Waals surface area contributed by atoms with Gasteiger partial charge in [-0.1, -0.05) is 12.1 Å². The predicted molar refractivity (Wildman–Crippen MR) is 104 cm³/mol. The van der Waals surface area contributed by atoms with Crippen LogP contribution < -0.4 is 24.4 Å². The number of quaternary nitrogens is 1. The molecule has 2 atom stereocenters. The van der Waals surface area contributed by atoms with Gasteiger partial charge in [0.25, 0.3) is 5.91 Å². The minimum Gasteiger partial charge on any atom is -0.497 e. The normalized spacial score (nSPS) is 18.8. The lowest BCUT2D eigenvalue weighted by Gasteiger charge is -2.23. The van der Waals surface area contributed by atoms with Gasteiger partial charge in [-0.3, -0.25) is 4.79 Å². The predicted octanol–water partition coefficient (Wildman–Crippen LogP) is 2.07. The van der Waals surface area contributed by atoms with Gasteiger partial charge in [-0.2, -0.15) is 0 Å². The lowest BCUT2D eigenvalue weighted by molar-refractivity contribution is -0.910. The summed E-state index contributed by atoms with van der Waals surface area (Å²) in [7, 11) is 4.91. The Balaban J connectivity index is 1.72. The van der Waals surface area contributed by atoms with Crippen molar-refractivity contribution in [1.29, 1.82) is 0 Å². The molecule has 3 rings (SSSR count). The number of carbonyl (C=O) groups excluding carboxylic acids is 1. The van der Waals surface area contributed by atoms with Crippen molar-refractivity contribution in [2.45, 2.75) is 18.9 Å². The molecule has 2 aromatic carbocycles. The Bertz CT molecular complexity index is 794. The van der Waals surface area contributed by atoms with Crippen molar-refractivity contribution < 1.29 is 23.9 Å². The van der Waals surface area contributed by atoms with E-state index in [9.17, 15) is 4.79 Å². The molecule has 0 aromatic heterocycles. The number of likely N-dealkylation sites (tertiary alicyclic amines) is 1. The Labute approximate surface area is 160 Å². The summed E-state index contributed by atoms with van der Waals surface area (Å²) in [6, 6.07) is 13.6. The number of hydrogen-bond donors (Lipinski definition) is 2. The molecular formula is C21H27N2O4+. The molecule has 0 bridgehead atoms. The molecule has 6 heteroatoms. The summed E-state index contributed by atoms with van der Waals surface area (Å²) in [5.41, 5.74) is 1.82. The molecular weight excluding hydrogens is 344 g/mol. The van der Waals surface area contributed by atoms with Crippen molar-refractivity contribution in [3.8, 4) is 17.2 Å². The van der Waals surface area contributed by atoms with Crippen LogP contribution >= 0.6 is 0 Å². The number of anilines is 1. The van der Waals surface area contributed by atoms with Crippen LogP contribution in [-0.2, 0) is 4.79 Å². The van der Waals surface area contributed by atoms with Crippen LogP contribution in [0.3, 0.4) is 0 Å². The zero-order valence-corrected chi connectivity index (χ0v) is 16.1. The Morgan fingerprint density at radius 1 is 1.07 bits per heavy atom. The van der Waals surface area contributed by atoms with Crippen LogP contribution in [0.1, 0.15) is 24.4 Å². The number of rotatable bonds is 7. The summed E-state index contributed by atoms with van der Waals surface area (Å²) < 4.78 is 16.2. The molecule has 1 unspecified atom stereocenters. The third-order valence-corrected chi connectivity index (χ3v) is 5.07. The van der Waals surface area contributed by atoms with E-state index < -0.39 is 0 Å². The van der Waals surface area contributed by atoms with Crippen molar-refractivity contribution in [2.24, 2.45) is 0 Å². The fourth-order valence-electron chi connectivity index (χ4n) is 3.75. The van der Waals surface area contributed by atoms with E-state index in [0.717, 1.165) is 36.4 Å². The summed E-state index contributed by atoms with van der Waals surface area (Å²) in [4.78, 5) is 13.9. The van der Waals surface area contributed by atoms with Gasteiger partial charge in [0.2, 0.25) is 0 Å². The van der Waals surface area contributed by atoms with Crippen molar-refractivity contribution >= 4 is 11.6 Å². The van der Waals surface area contributed by atoms with Crippen LogP contribution in [0.5, 0.6) is 17.2 Å². The summed E-state index contributed by atoms with van der Waals surface area (Å²) >= 11 is 0. The Morgan fingerprint density at radius 2 is 1.85 bits per heavy atom. The number of amides is 1. The van der Waals surface area contributed by atoms with Gasteiger partial charge in [0.05, 0.1) is 39.1 Å². The fraction of sp³-hybridized carbons (Fsp3) is 0.381. The average Bonchev–Trinajstić information content (AvgIpc) is 3.15. The van der Waals surface area contributed by atoms with Crippen LogP contribution in [0.15, 0.2) is 42.5 Å². The Hall–Kier alpha value is -2.73. The highest BCUT2D eigenvalue weighted by Crippen LogP contribution is 2.31. The van der Waals surface area contributed by atoms with Crippen LogP contribution in [0, 0.1) is 0 Å². The molecule has 1 aliphatic rings. The number of ether oxygens (including phenoxy) is 3. The third-order valence-electron chi connectivity index (χ3n) is 5.07. The first-order chi connectivity index (χ1) is 13.2. The number of hydrogen-bond acceptors (Lipinski definition) is 4. The van der Waals surface area contributed by atoms with E-state index in [1.807, 2.05) is 42.5 Å². The van der Waals surface area contributed by atoms with Crippen molar-refractivity contribution in [2.75, 3.05) is 39.7 Å². The first kappa shape index (κ1) is 19.0. The molecule has 0 aliphatic carbocycles. The lowest BCUT2D eigenvalue weighted by Crippen LogP contribution is -3.11. The summed E-state index contributed by atoms with van der Waals surface area (Å²) in [6.45, 7) is 1.36. The molecule has 144 valence electrons. The highest BCUT2D eigenvalue weighted by atomic mass is 16.5. The van der Waals surface area contributed by atoms with Crippen molar-refractivity contribution in [3.63, 3.8) is 0 Å². The van der Waals surface area contributed by atoms with E-state index in [4.69, 9.17) is 14.2 Å². The van der Waals surface area contributed by atoms with Gasteiger partial charge < -0.3 is 24.4 Å². The van der Waals surface area contributed by atoms with Gasteiger partial charge in [-0.15, -0.1) is 0 Å². The minimum atomic E-state index is -0.0196. The van der Waals surface area contributed by atoms with E-state index in [1.54, 1.807) is 21.3 Å². The average molecular weight is 371 g/mol. The van der Waals surface area contributed by atoms with Gasteiger partial charge in [0, 0.05) is 18.9 Å². The topological polar surface area (TPSA) is 61.2 Å². The molecule has 27 heavy (non-hydrogen) atoms. The van der Waals surface area contributed by atoms with Gasteiger partial charge >= 0.3 is 0 Å². The maximum Gasteiger partial charge on any atom is 0.279 e. The number of carbonyl (C=O) groups is 1. The molecule has 0 spiro atoms. The van der Waals surface area contributed by atoms with Crippen LogP contribution in [0.25, 0.3) is 0 Å². The highest BCUT2D eigenvalue weighted by Gasteiger charge is 2.33. The van der Waals surface area contributed by atoms with E-state index in [-0.39, 0.29) is 11.9 Å². The van der Waals surface area contributed by atoms with Gasteiger partial charge in [-0.05, 0) is 24.3 Å². The molecule has 1 fully saturated rings. The summed E-state index contributed by atoms with van der Waals surface area (Å²) in [5.74, 6) is 2.22. The smallest absolute Gasteiger partial charge is 0.279 e. The highest BCUT2D eigenvalue weighted by molar-refractivity contribution is 5.92. The lowest BCUT2D eigenvalue weighted by atomic mass is 10.0. The molecule has 6 nitrogen and oxygen atoms in total. The molecule has 1 heterocycles. The van der Waals surface area contributed by atoms with Crippen molar-refractivity contribution in [1.82, 2.24) is 0 Å². The Morgan fingerprint density at radius 3 is 2.59 bits per heavy atom. The standard InChI is InChI=1S/C21H26N2O4/c1-25-15-10-11-16(20(13-15)27-3)18-8-6-12-23(18)14-21(24)22-17-7-4-5-9-19(17)26-2/h4-5,7,9-11,13,18H,6,8,12,14H2,1-3H3,(H,22,24)/p+1/t18-/m1/s1. The van der Waals surface area contributed by atoms with Crippen LogP contribution in [0.2, 0.25) is 0 Å². The molecule has 2 aromatic rings. The first-order valence-electron chi connectivity index (χ1n) is 9.15. The second-order valence-corrected chi connectivity index (χ2v) is 6.64. The van der Waals surface area contributed by atoms with Crippen LogP contribution in [-0.4, -0.2) is 40.3 Å². The number of nitrogens with one attached hydrogen (secondary N) is 2. The minimum absolute atomic E-state index is 0.0196. The quantitative estimate of drug-likeness (QED) is 0.782. The molecule has 1 aliphatic heterocycles. The number of para-hydroxylation sites is 2. The van der Waals surface area contributed by atoms with Crippen molar-refractivity contribution in [3.05, 3.63) is 48.0 Å². The second-order valence-electron chi connectivity index (χ2n) is 6.64. The maximum absolute atomic E-state index is 12.6. The van der Waals surface area contributed by atoms with E-state index in [0.29, 0.717) is 18.0 Å². The third kappa shape index (κ3) is 4.34. The van der Waals surface area contributed by atoms with E-state index in [1.165, 1.54) is 4.90 Å². The zero-order valence-electron chi connectivity index (χ0n) is 16.1. The number of benzene rings is 2.